The monoisotopic (exact) mass is 476 g/mol. The van der Waals surface area contributed by atoms with E-state index < -0.39 is 10.0 Å². The highest BCUT2D eigenvalue weighted by Gasteiger charge is 2.27. The van der Waals surface area contributed by atoms with Crippen LogP contribution in [0, 0.1) is 0 Å². The average Bonchev–Trinajstić information content (AvgIpc) is 2.73. The van der Waals surface area contributed by atoms with Gasteiger partial charge in [-0.1, -0.05) is 52.3 Å². The van der Waals surface area contributed by atoms with Gasteiger partial charge >= 0.3 is 0 Å². The third-order valence-corrected chi connectivity index (χ3v) is 7.41. The Balaban J connectivity index is 1.54. The number of hydrogen-bond donors (Lipinski definition) is 1. The molecule has 1 amide bonds. The fourth-order valence-corrected chi connectivity index (χ4v) is 4.89. The van der Waals surface area contributed by atoms with Crippen LogP contribution in [0.25, 0.3) is 0 Å². The Morgan fingerprint density at radius 3 is 2.45 bits per heavy atom. The van der Waals surface area contributed by atoms with E-state index in [-0.39, 0.29) is 23.4 Å². The Morgan fingerprint density at radius 1 is 1.14 bits per heavy atom. The molecular formula is C22H25BrN2O3S. The molecular weight excluding hydrogens is 452 g/mol. The number of aryl methyl sites for hydroxylation is 1. The van der Waals surface area contributed by atoms with Gasteiger partial charge in [-0.2, -0.15) is 4.31 Å². The zero-order valence-corrected chi connectivity index (χ0v) is 18.7. The summed E-state index contributed by atoms with van der Waals surface area (Å²) in [7, 11) is -3.55. The number of benzene rings is 2. The van der Waals surface area contributed by atoms with Crippen molar-refractivity contribution in [3.63, 3.8) is 0 Å². The lowest BCUT2D eigenvalue weighted by atomic mass is 10.0. The molecule has 1 aliphatic heterocycles. The van der Waals surface area contributed by atoms with Crippen LogP contribution in [0.2, 0.25) is 0 Å². The van der Waals surface area contributed by atoms with Crippen LogP contribution in [0.1, 0.15) is 25.3 Å². The molecule has 1 unspecified atom stereocenters. The lowest BCUT2D eigenvalue weighted by Crippen LogP contribution is -2.39. The average molecular weight is 477 g/mol. The second-order valence-corrected chi connectivity index (χ2v) is 10.0. The molecule has 3 rings (SSSR count). The van der Waals surface area contributed by atoms with E-state index in [9.17, 15) is 13.2 Å². The van der Waals surface area contributed by atoms with Gasteiger partial charge in [0.15, 0.2) is 0 Å². The van der Waals surface area contributed by atoms with Gasteiger partial charge in [-0.25, -0.2) is 8.42 Å². The van der Waals surface area contributed by atoms with Crippen molar-refractivity contribution in [2.45, 2.75) is 37.1 Å². The summed E-state index contributed by atoms with van der Waals surface area (Å²) in [6.07, 6.45) is 3.89. The van der Waals surface area contributed by atoms with Gasteiger partial charge in [-0.05, 0) is 56.0 Å². The number of sulfonamides is 1. The summed E-state index contributed by atoms with van der Waals surface area (Å²) >= 11 is 3.31. The van der Waals surface area contributed by atoms with Gasteiger partial charge in [0, 0.05) is 29.2 Å². The molecule has 0 bridgehead atoms. The van der Waals surface area contributed by atoms with Crippen molar-refractivity contribution in [3.8, 4) is 0 Å². The highest BCUT2D eigenvalue weighted by molar-refractivity contribution is 9.10. The smallest absolute Gasteiger partial charge is 0.247 e. The highest BCUT2D eigenvalue weighted by atomic mass is 79.9. The fourth-order valence-electron chi connectivity index (χ4n) is 3.25. The van der Waals surface area contributed by atoms with E-state index in [0.29, 0.717) is 18.5 Å². The summed E-state index contributed by atoms with van der Waals surface area (Å²) in [5.41, 5.74) is 1.90. The fraction of sp³-hybridized carbons (Fsp3) is 0.318. The molecule has 0 spiro atoms. The Hall–Kier alpha value is -1.96. The number of carbonyl (C=O) groups excluding carboxylic acids is 1. The van der Waals surface area contributed by atoms with Crippen molar-refractivity contribution < 1.29 is 13.2 Å². The molecule has 0 radical (unpaired) electrons. The Labute approximate surface area is 181 Å². The van der Waals surface area contributed by atoms with Crippen LogP contribution < -0.4 is 5.32 Å². The Morgan fingerprint density at radius 2 is 1.83 bits per heavy atom. The van der Waals surface area contributed by atoms with Crippen LogP contribution in [0.5, 0.6) is 0 Å². The van der Waals surface area contributed by atoms with E-state index in [1.165, 1.54) is 9.87 Å². The number of nitrogens with zero attached hydrogens (tertiary/aromatic N) is 1. The molecule has 1 atom stereocenters. The number of nitrogens with one attached hydrogen (secondary N) is 1. The molecule has 0 aliphatic carbocycles. The summed E-state index contributed by atoms with van der Waals surface area (Å²) in [4.78, 5) is 12.8. The lowest BCUT2D eigenvalue weighted by Gasteiger charge is -2.26. The molecule has 154 valence electrons. The van der Waals surface area contributed by atoms with E-state index in [0.717, 1.165) is 17.3 Å². The normalized spacial score (nSPS) is 16.1. The number of amides is 1. The van der Waals surface area contributed by atoms with Crippen molar-refractivity contribution in [1.82, 2.24) is 9.62 Å². The highest BCUT2D eigenvalue weighted by Crippen LogP contribution is 2.22. The SMILES string of the molecule is CC(CCc1ccccc1)NC(=O)C1=CCN(S(=O)(=O)c2ccc(Br)cc2)CC1. The standard InChI is InChI=1S/C22H25BrN2O3S/c1-17(7-8-18-5-3-2-4-6-18)24-22(26)19-13-15-25(16-14-19)29(27,28)21-11-9-20(23)10-12-21/h2-6,9-13,17H,7-8,14-16H2,1H3,(H,24,26). The number of rotatable bonds is 7. The minimum Gasteiger partial charge on any atom is -0.350 e. The molecule has 0 aromatic heterocycles. The predicted octanol–water partition coefficient (Wildman–Crippen LogP) is 3.91. The molecule has 1 N–H and O–H groups in total. The second-order valence-electron chi connectivity index (χ2n) is 7.20. The van der Waals surface area contributed by atoms with Gasteiger partial charge in [-0.3, -0.25) is 4.79 Å². The number of hydrogen-bond acceptors (Lipinski definition) is 3. The molecule has 1 heterocycles. The van der Waals surface area contributed by atoms with Crippen LogP contribution in [-0.2, 0) is 21.2 Å². The van der Waals surface area contributed by atoms with Crippen LogP contribution in [-0.4, -0.2) is 37.8 Å². The first-order valence-corrected chi connectivity index (χ1v) is 11.9. The van der Waals surface area contributed by atoms with Gasteiger partial charge in [0.25, 0.3) is 0 Å². The zero-order valence-electron chi connectivity index (χ0n) is 16.3. The first-order chi connectivity index (χ1) is 13.9. The molecule has 0 saturated carbocycles. The van der Waals surface area contributed by atoms with Crippen molar-refractivity contribution in [1.29, 1.82) is 0 Å². The maximum absolute atomic E-state index is 12.8. The van der Waals surface area contributed by atoms with Gasteiger partial charge in [0.2, 0.25) is 15.9 Å². The lowest BCUT2D eigenvalue weighted by molar-refractivity contribution is -0.118. The maximum atomic E-state index is 12.8. The van der Waals surface area contributed by atoms with E-state index in [1.807, 2.05) is 25.1 Å². The summed E-state index contributed by atoms with van der Waals surface area (Å²) in [5, 5.41) is 3.03. The Kier molecular flexibility index (Phi) is 7.27. The molecule has 7 heteroatoms. The summed E-state index contributed by atoms with van der Waals surface area (Å²) < 4.78 is 27.7. The first-order valence-electron chi connectivity index (χ1n) is 9.66. The van der Waals surface area contributed by atoms with Crippen LogP contribution in [0.15, 0.2) is 75.6 Å². The van der Waals surface area contributed by atoms with Gasteiger partial charge in [0.05, 0.1) is 4.90 Å². The maximum Gasteiger partial charge on any atom is 0.247 e. The molecule has 0 saturated heterocycles. The molecule has 2 aromatic carbocycles. The van der Waals surface area contributed by atoms with Crippen molar-refractivity contribution >= 4 is 31.9 Å². The molecule has 1 aliphatic rings. The topological polar surface area (TPSA) is 66.5 Å². The first kappa shape index (κ1) is 21.7. The molecule has 5 nitrogen and oxygen atoms in total. The predicted molar refractivity (Wildman–Crippen MR) is 118 cm³/mol. The molecule has 29 heavy (non-hydrogen) atoms. The van der Waals surface area contributed by atoms with E-state index in [1.54, 1.807) is 30.3 Å². The van der Waals surface area contributed by atoms with Crippen LogP contribution >= 0.6 is 15.9 Å². The third-order valence-electron chi connectivity index (χ3n) is 5.00. The van der Waals surface area contributed by atoms with E-state index >= 15 is 0 Å². The van der Waals surface area contributed by atoms with Gasteiger partial charge in [0.1, 0.15) is 0 Å². The van der Waals surface area contributed by atoms with Crippen molar-refractivity contribution in [2.75, 3.05) is 13.1 Å². The third kappa shape index (κ3) is 5.78. The summed E-state index contributed by atoms with van der Waals surface area (Å²) in [6, 6.07) is 16.8. The minimum absolute atomic E-state index is 0.0492. The largest absolute Gasteiger partial charge is 0.350 e. The van der Waals surface area contributed by atoms with Crippen LogP contribution in [0.4, 0.5) is 0 Å². The molecule has 0 fully saturated rings. The van der Waals surface area contributed by atoms with Crippen molar-refractivity contribution in [3.05, 3.63) is 76.3 Å². The second kappa shape index (κ2) is 9.69. The number of carbonyl (C=O) groups is 1. The van der Waals surface area contributed by atoms with Gasteiger partial charge in [-0.15, -0.1) is 0 Å². The van der Waals surface area contributed by atoms with Crippen molar-refractivity contribution in [2.24, 2.45) is 0 Å². The van der Waals surface area contributed by atoms with E-state index in [4.69, 9.17) is 0 Å². The minimum atomic E-state index is -3.55. The van der Waals surface area contributed by atoms with Crippen LogP contribution in [0.3, 0.4) is 0 Å². The zero-order chi connectivity index (χ0) is 20.9. The summed E-state index contributed by atoms with van der Waals surface area (Å²) in [6.45, 7) is 2.50. The number of halogens is 1. The quantitative estimate of drug-likeness (QED) is 0.658. The van der Waals surface area contributed by atoms with Gasteiger partial charge < -0.3 is 5.32 Å². The summed E-state index contributed by atoms with van der Waals surface area (Å²) in [5.74, 6) is -0.105. The Bertz CT molecular complexity index is 973. The molecule has 2 aromatic rings. The van der Waals surface area contributed by atoms with E-state index in [2.05, 4.69) is 33.4 Å².